The molecule has 4 aliphatic carbocycles. The van der Waals surface area contributed by atoms with E-state index >= 15 is 0 Å². The number of hydrogen-bond acceptors (Lipinski definition) is 4. The fourth-order valence-electron chi connectivity index (χ4n) is 5.90. The molecule has 162 valence electrons. The molecule has 4 saturated carbocycles. The number of esters is 1. The summed E-state index contributed by atoms with van der Waals surface area (Å²) >= 11 is 0. The Hall–Kier alpha value is -2.44. The van der Waals surface area contributed by atoms with Crippen molar-refractivity contribution in [1.29, 1.82) is 0 Å². The van der Waals surface area contributed by atoms with Crippen molar-refractivity contribution in [2.75, 3.05) is 5.32 Å². The third-order valence-corrected chi connectivity index (χ3v) is 6.99. The van der Waals surface area contributed by atoms with Crippen molar-refractivity contribution in [1.82, 2.24) is 5.32 Å². The molecule has 1 aromatic carbocycles. The zero-order valence-electron chi connectivity index (χ0n) is 17.4. The largest absolute Gasteiger partial charge is 0.451 e. The maximum absolute atomic E-state index is 13.1. The van der Waals surface area contributed by atoms with Crippen LogP contribution >= 0.6 is 0 Å². The number of anilines is 1. The lowest BCUT2D eigenvalue weighted by Crippen LogP contribution is -2.56. The van der Waals surface area contributed by atoms with Crippen LogP contribution in [0.25, 0.3) is 0 Å². The summed E-state index contributed by atoms with van der Waals surface area (Å²) in [5, 5.41) is 5.42. The lowest BCUT2D eigenvalue weighted by Gasteiger charge is -2.55. The number of rotatable bonds is 6. The maximum Gasteiger partial charge on any atom is 0.329 e. The van der Waals surface area contributed by atoms with Crippen LogP contribution in [0.4, 0.5) is 10.1 Å². The second-order valence-corrected chi connectivity index (χ2v) is 9.47. The Bertz CT molecular complexity index is 803. The van der Waals surface area contributed by atoms with Gasteiger partial charge < -0.3 is 15.4 Å². The standard InChI is InChI=1S/C23H29FN2O4/c1-13(21(28)30-14(2)20(27)26-19-5-3-18(24)4-6-19)25-22(29)23-10-15-7-16(11-23)9-17(8-15)12-23/h3-6,13-17H,7-12H2,1-2H3,(H,25,29)(H,26,27)/t13-,14-,15?,16?,17?,23?/m0/s1. The second kappa shape index (κ2) is 8.00. The van der Waals surface area contributed by atoms with Crippen LogP contribution in [0.2, 0.25) is 0 Å². The van der Waals surface area contributed by atoms with E-state index in [0.717, 1.165) is 19.3 Å². The first-order chi connectivity index (χ1) is 14.2. The van der Waals surface area contributed by atoms with E-state index in [2.05, 4.69) is 10.6 Å². The molecule has 7 heteroatoms. The second-order valence-electron chi connectivity index (χ2n) is 9.47. The Kier molecular flexibility index (Phi) is 5.55. The minimum Gasteiger partial charge on any atom is -0.451 e. The van der Waals surface area contributed by atoms with E-state index in [4.69, 9.17) is 4.74 Å². The number of hydrogen-bond donors (Lipinski definition) is 2. The summed E-state index contributed by atoms with van der Waals surface area (Å²) in [4.78, 5) is 37.8. The minimum absolute atomic E-state index is 0.0468. The molecule has 2 amide bonds. The molecule has 0 aliphatic heterocycles. The Morgan fingerprint density at radius 3 is 2.07 bits per heavy atom. The summed E-state index contributed by atoms with van der Waals surface area (Å²) in [7, 11) is 0. The highest BCUT2D eigenvalue weighted by Crippen LogP contribution is 2.60. The van der Waals surface area contributed by atoms with Gasteiger partial charge in [0.05, 0.1) is 0 Å². The highest BCUT2D eigenvalue weighted by Gasteiger charge is 2.54. The van der Waals surface area contributed by atoms with Gasteiger partial charge in [0.2, 0.25) is 5.91 Å². The van der Waals surface area contributed by atoms with Crippen LogP contribution in [0.3, 0.4) is 0 Å². The molecule has 4 bridgehead atoms. The summed E-state index contributed by atoms with van der Waals surface area (Å²) in [6.07, 6.45) is 5.44. The quantitative estimate of drug-likeness (QED) is 0.696. The predicted octanol–water partition coefficient (Wildman–Crippen LogP) is 3.42. The lowest BCUT2D eigenvalue weighted by atomic mass is 9.49. The van der Waals surface area contributed by atoms with Gasteiger partial charge in [0, 0.05) is 11.1 Å². The first-order valence-corrected chi connectivity index (χ1v) is 10.8. The molecule has 0 saturated heterocycles. The van der Waals surface area contributed by atoms with E-state index in [0.29, 0.717) is 23.4 Å². The molecule has 0 spiro atoms. The van der Waals surface area contributed by atoms with Crippen molar-refractivity contribution in [2.45, 2.75) is 64.5 Å². The van der Waals surface area contributed by atoms with Crippen LogP contribution in [0.5, 0.6) is 0 Å². The lowest BCUT2D eigenvalue weighted by molar-refractivity contribution is -0.158. The van der Waals surface area contributed by atoms with Crippen LogP contribution in [-0.2, 0) is 19.1 Å². The van der Waals surface area contributed by atoms with Gasteiger partial charge in [-0.05, 0) is 94.4 Å². The summed E-state index contributed by atoms with van der Waals surface area (Å²) < 4.78 is 18.2. The van der Waals surface area contributed by atoms with Crippen LogP contribution in [0.1, 0.15) is 52.4 Å². The molecule has 4 fully saturated rings. The zero-order chi connectivity index (χ0) is 21.5. The number of ether oxygens (including phenoxy) is 1. The van der Waals surface area contributed by atoms with Crippen molar-refractivity contribution in [2.24, 2.45) is 23.2 Å². The Morgan fingerprint density at radius 2 is 1.53 bits per heavy atom. The Morgan fingerprint density at radius 1 is 1.00 bits per heavy atom. The first kappa shape index (κ1) is 20.8. The third-order valence-electron chi connectivity index (χ3n) is 6.99. The molecule has 2 N–H and O–H groups in total. The highest BCUT2D eigenvalue weighted by molar-refractivity contribution is 5.95. The molecule has 0 unspecified atom stereocenters. The smallest absolute Gasteiger partial charge is 0.329 e. The van der Waals surface area contributed by atoms with Gasteiger partial charge in [0.1, 0.15) is 11.9 Å². The summed E-state index contributed by atoms with van der Waals surface area (Å²) in [5.74, 6) is 0.299. The molecule has 0 heterocycles. The number of amides is 2. The maximum atomic E-state index is 13.1. The summed E-state index contributed by atoms with van der Waals surface area (Å²) in [6.45, 7) is 3.05. The minimum atomic E-state index is -1.04. The average Bonchev–Trinajstić information content (AvgIpc) is 2.68. The van der Waals surface area contributed by atoms with Crippen molar-refractivity contribution >= 4 is 23.5 Å². The van der Waals surface area contributed by atoms with E-state index in [9.17, 15) is 18.8 Å². The van der Waals surface area contributed by atoms with Gasteiger partial charge >= 0.3 is 5.97 Å². The molecule has 30 heavy (non-hydrogen) atoms. The van der Waals surface area contributed by atoms with Gasteiger partial charge in [-0.15, -0.1) is 0 Å². The number of carbonyl (C=O) groups is 3. The van der Waals surface area contributed by atoms with Crippen molar-refractivity contribution in [3.05, 3.63) is 30.1 Å². The topological polar surface area (TPSA) is 84.5 Å². The molecular formula is C23H29FN2O4. The van der Waals surface area contributed by atoms with E-state index in [1.54, 1.807) is 6.92 Å². The van der Waals surface area contributed by atoms with Gasteiger partial charge in [0.25, 0.3) is 5.91 Å². The summed E-state index contributed by atoms with van der Waals surface area (Å²) in [6, 6.07) is 4.49. The van der Waals surface area contributed by atoms with E-state index in [1.165, 1.54) is 50.5 Å². The highest BCUT2D eigenvalue weighted by atomic mass is 19.1. The van der Waals surface area contributed by atoms with Gasteiger partial charge in [-0.25, -0.2) is 9.18 Å². The van der Waals surface area contributed by atoms with E-state index < -0.39 is 29.8 Å². The molecule has 2 atom stereocenters. The SMILES string of the molecule is C[C@H](NC(=O)C12CC3CC(CC(C3)C1)C2)C(=O)O[C@@H](C)C(=O)Nc1ccc(F)cc1. The van der Waals surface area contributed by atoms with Crippen molar-refractivity contribution in [3.8, 4) is 0 Å². The number of nitrogens with one attached hydrogen (secondary N) is 2. The number of halogens is 1. The van der Waals surface area contributed by atoms with Crippen LogP contribution in [0, 0.1) is 29.0 Å². The molecule has 5 rings (SSSR count). The zero-order valence-corrected chi connectivity index (χ0v) is 17.4. The number of benzene rings is 1. The molecule has 4 aliphatic rings. The van der Waals surface area contributed by atoms with Gasteiger partial charge in [0.15, 0.2) is 6.10 Å². The van der Waals surface area contributed by atoms with Gasteiger partial charge in [-0.1, -0.05) is 0 Å². The van der Waals surface area contributed by atoms with Crippen molar-refractivity contribution < 1.29 is 23.5 Å². The van der Waals surface area contributed by atoms with Crippen LogP contribution in [-0.4, -0.2) is 29.9 Å². The van der Waals surface area contributed by atoms with Gasteiger partial charge in [-0.2, -0.15) is 0 Å². The summed E-state index contributed by atoms with van der Waals surface area (Å²) in [5.41, 5.74) is 0.0713. The third kappa shape index (κ3) is 4.20. The normalized spacial score (nSPS) is 31.0. The Balaban J connectivity index is 1.29. The van der Waals surface area contributed by atoms with Crippen molar-refractivity contribution in [3.63, 3.8) is 0 Å². The molecule has 0 aromatic heterocycles. The Labute approximate surface area is 175 Å². The fourth-order valence-corrected chi connectivity index (χ4v) is 5.90. The average molecular weight is 416 g/mol. The van der Waals surface area contributed by atoms with E-state index in [-0.39, 0.29) is 11.3 Å². The first-order valence-electron chi connectivity index (χ1n) is 10.8. The molecular weight excluding hydrogens is 387 g/mol. The molecule has 6 nitrogen and oxygen atoms in total. The molecule has 0 radical (unpaired) electrons. The van der Waals surface area contributed by atoms with E-state index in [1.807, 2.05) is 0 Å². The van der Waals surface area contributed by atoms with Crippen LogP contribution < -0.4 is 10.6 Å². The van der Waals surface area contributed by atoms with Crippen LogP contribution in [0.15, 0.2) is 24.3 Å². The monoisotopic (exact) mass is 416 g/mol. The predicted molar refractivity (Wildman–Crippen MR) is 109 cm³/mol. The van der Waals surface area contributed by atoms with Gasteiger partial charge in [-0.3, -0.25) is 9.59 Å². The fraction of sp³-hybridized carbons (Fsp3) is 0.609. The molecule has 1 aromatic rings. The number of carbonyl (C=O) groups excluding carboxylic acids is 3.